The second-order valence-electron chi connectivity index (χ2n) is 3.84. The molecule has 5 nitrogen and oxygen atoms in total. The molecule has 2 rings (SSSR count). The Morgan fingerprint density at radius 1 is 1.37 bits per heavy atom. The first-order chi connectivity index (χ1) is 9.13. The number of aromatic nitrogens is 1. The summed E-state index contributed by atoms with van der Waals surface area (Å²) in [4.78, 5) is 3.96. The maximum absolute atomic E-state index is 12.2. The molecule has 0 aliphatic carbocycles. The molecule has 2 aromatic rings. The van der Waals surface area contributed by atoms with Crippen LogP contribution in [0.15, 0.2) is 40.2 Å². The quantitative estimate of drug-likeness (QED) is 0.856. The lowest BCUT2D eigenvalue weighted by Gasteiger charge is -2.10. The number of nitrogens with zero attached hydrogens (tertiary/aromatic N) is 1. The van der Waals surface area contributed by atoms with Crippen molar-refractivity contribution in [2.24, 2.45) is 0 Å². The fourth-order valence-corrected chi connectivity index (χ4v) is 3.36. The predicted molar refractivity (Wildman–Crippen MR) is 76.7 cm³/mol. The van der Waals surface area contributed by atoms with E-state index >= 15 is 0 Å². The Bertz CT molecular complexity index is 624. The van der Waals surface area contributed by atoms with E-state index in [0.717, 1.165) is 5.56 Å². The molecular weight excluding hydrogens is 282 g/mol. The van der Waals surface area contributed by atoms with Gasteiger partial charge in [-0.2, -0.15) is 11.3 Å². The van der Waals surface area contributed by atoms with Crippen LogP contribution in [0.3, 0.4) is 0 Å². The summed E-state index contributed by atoms with van der Waals surface area (Å²) in [6, 6.07) is 5.29. The largest absolute Gasteiger partial charge is 0.383 e. The highest BCUT2D eigenvalue weighted by Crippen LogP contribution is 2.18. The van der Waals surface area contributed by atoms with Gasteiger partial charge >= 0.3 is 0 Å². The fourth-order valence-electron chi connectivity index (χ4n) is 1.57. The molecule has 0 aliphatic heterocycles. The summed E-state index contributed by atoms with van der Waals surface area (Å²) in [6.07, 6.45) is 1.47. The first-order valence-corrected chi connectivity index (χ1v) is 8.25. The molecule has 2 N–H and O–H groups in total. The Morgan fingerprint density at radius 3 is 2.89 bits per heavy atom. The molecule has 0 aromatic carbocycles. The maximum Gasteiger partial charge on any atom is 0.260 e. The minimum absolute atomic E-state index is 0.0343. The van der Waals surface area contributed by atoms with E-state index in [4.69, 9.17) is 0 Å². The van der Waals surface area contributed by atoms with Crippen molar-refractivity contribution in [3.05, 3.63) is 40.7 Å². The van der Waals surface area contributed by atoms with Crippen LogP contribution >= 0.6 is 11.3 Å². The average molecular weight is 297 g/mol. The topological polar surface area (TPSA) is 71.1 Å². The van der Waals surface area contributed by atoms with E-state index in [9.17, 15) is 8.42 Å². The van der Waals surface area contributed by atoms with Crippen molar-refractivity contribution in [3.8, 4) is 0 Å². The lowest BCUT2D eigenvalue weighted by Crippen LogP contribution is -2.25. The third-order valence-corrected chi connectivity index (χ3v) is 4.53. The van der Waals surface area contributed by atoms with Crippen molar-refractivity contribution >= 4 is 27.0 Å². The first kappa shape index (κ1) is 14.0. The summed E-state index contributed by atoms with van der Waals surface area (Å²) in [5.74, 6) is 0. The minimum atomic E-state index is -3.61. The molecule has 0 aliphatic rings. The number of rotatable bonds is 6. The molecule has 19 heavy (non-hydrogen) atoms. The molecule has 0 radical (unpaired) electrons. The van der Waals surface area contributed by atoms with E-state index in [1.54, 1.807) is 12.1 Å². The lowest BCUT2D eigenvalue weighted by atomic mass is 10.4. The van der Waals surface area contributed by atoms with Gasteiger partial charge in [-0.25, -0.2) is 18.1 Å². The van der Waals surface area contributed by atoms with E-state index in [2.05, 4.69) is 15.0 Å². The Labute approximate surface area is 116 Å². The van der Waals surface area contributed by atoms with Crippen molar-refractivity contribution in [1.82, 2.24) is 9.71 Å². The van der Waals surface area contributed by atoms with Crippen molar-refractivity contribution in [1.29, 1.82) is 0 Å². The van der Waals surface area contributed by atoms with Gasteiger partial charge in [0.15, 0.2) is 5.03 Å². The zero-order chi connectivity index (χ0) is 13.7. The van der Waals surface area contributed by atoms with Crippen LogP contribution in [0.4, 0.5) is 5.69 Å². The molecular formula is C12H15N3O2S2. The third-order valence-electron chi connectivity index (χ3n) is 2.44. The number of pyridine rings is 1. The van der Waals surface area contributed by atoms with Gasteiger partial charge in [-0.05, 0) is 41.4 Å². The zero-order valence-corrected chi connectivity index (χ0v) is 12.1. The van der Waals surface area contributed by atoms with Gasteiger partial charge in [0.05, 0.1) is 5.69 Å². The van der Waals surface area contributed by atoms with Crippen molar-refractivity contribution < 1.29 is 8.42 Å². The summed E-state index contributed by atoms with van der Waals surface area (Å²) in [7, 11) is -3.61. The van der Waals surface area contributed by atoms with Crippen molar-refractivity contribution in [2.45, 2.75) is 18.5 Å². The highest BCUT2D eigenvalue weighted by atomic mass is 32.2. The number of hydrogen-bond donors (Lipinski definition) is 2. The molecule has 7 heteroatoms. The highest BCUT2D eigenvalue weighted by molar-refractivity contribution is 7.89. The molecule has 0 unspecified atom stereocenters. The standard InChI is InChI=1S/C12H15N3O2S2/c1-2-13-11-4-3-6-14-12(11)19(16,17)15-8-10-5-7-18-9-10/h3-7,9,13,15H,2,8H2,1H3. The minimum Gasteiger partial charge on any atom is -0.383 e. The number of thiophene rings is 1. The molecule has 0 atom stereocenters. The monoisotopic (exact) mass is 297 g/mol. The Morgan fingerprint density at radius 2 is 2.21 bits per heavy atom. The van der Waals surface area contributed by atoms with E-state index in [-0.39, 0.29) is 11.6 Å². The summed E-state index contributed by atoms with van der Waals surface area (Å²) in [6.45, 7) is 2.81. The summed E-state index contributed by atoms with van der Waals surface area (Å²) in [5.41, 5.74) is 1.46. The number of sulfonamides is 1. The van der Waals surface area contributed by atoms with Crippen LogP contribution in [-0.2, 0) is 16.6 Å². The van der Waals surface area contributed by atoms with Crippen LogP contribution in [0.25, 0.3) is 0 Å². The van der Waals surface area contributed by atoms with E-state index in [1.807, 2.05) is 23.8 Å². The van der Waals surface area contributed by atoms with Gasteiger partial charge in [0.1, 0.15) is 0 Å². The summed E-state index contributed by atoms with van der Waals surface area (Å²) < 4.78 is 27.0. The highest BCUT2D eigenvalue weighted by Gasteiger charge is 2.19. The van der Waals surface area contributed by atoms with Gasteiger partial charge in [0, 0.05) is 19.3 Å². The summed E-state index contributed by atoms with van der Waals surface area (Å²) in [5, 5.41) is 6.85. The van der Waals surface area contributed by atoms with Crippen LogP contribution in [0.5, 0.6) is 0 Å². The van der Waals surface area contributed by atoms with Gasteiger partial charge in [-0.15, -0.1) is 0 Å². The van der Waals surface area contributed by atoms with Gasteiger partial charge in [-0.1, -0.05) is 0 Å². The summed E-state index contributed by atoms with van der Waals surface area (Å²) >= 11 is 1.53. The van der Waals surface area contributed by atoms with Crippen LogP contribution in [0, 0.1) is 0 Å². The number of anilines is 1. The van der Waals surface area contributed by atoms with Crippen molar-refractivity contribution in [3.63, 3.8) is 0 Å². The predicted octanol–water partition coefficient (Wildman–Crippen LogP) is 2.05. The number of nitrogens with one attached hydrogen (secondary N) is 2. The van der Waals surface area contributed by atoms with Crippen LogP contribution < -0.4 is 10.0 Å². The molecule has 0 bridgehead atoms. The normalized spacial score (nSPS) is 11.4. The van der Waals surface area contributed by atoms with Gasteiger partial charge in [0.2, 0.25) is 0 Å². The molecule has 0 amide bonds. The third kappa shape index (κ3) is 3.52. The Hall–Kier alpha value is -1.44. The SMILES string of the molecule is CCNc1cccnc1S(=O)(=O)NCc1ccsc1. The lowest BCUT2D eigenvalue weighted by molar-refractivity contribution is 0.578. The molecule has 102 valence electrons. The Balaban J connectivity index is 2.19. The molecule has 2 aromatic heterocycles. The smallest absolute Gasteiger partial charge is 0.260 e. The van der Waals surface area contributed by atoms with Crippen molar-refractivity contribution in [2.75, 3.05) is 11.9 Å². The van der Waals surface area contributed by atoms with Crippen LogP contribution in [0.1, 0.15) is 12.5 Å². The second-order valence-corrected chi connectivity index (χ2v) is 6.30. The first-order valence-electron chi connectivity index (χ1n) is 5.83. The molecule has 0 saturated carbocycles. The van der Waals surface area contributed by atoms with Gasteiger partial charge in [0.25, 0.3) is 10.0 Å². The van der Waals surface area contributed by atoms with Crippen LogP contribution in [-0.4, -0.2) is 19.9 Å². The molecule has 0 spiro atoms. The number of hydrogen-bond acceptors (Lipinski definition) is 5. The molecule has 0 saturated heterocycles. The fraction of sp³-hybridized carbons (Fsp3) is 0.250. The zero-order valence-electron chi connectivity index (χ0n) is 10.5. The Kier molecular flexibility index (Phi) is 4.52. The average Bonchev–Trinajstić information content (AvgIpc) is 2.91. The van der Waals surface area contributed by atoms with Gasteiger partial charge < -0.3 is 5.32 Å². The van der Waals surface area contributed by atoms with E-state index in [0.29, 0.717) is 12.2 Å². The van der Waals surface area contributed by atoms with E-state index in [1.165, 1.54) is 17.5 Å². The molecule has 0 fully saturated rings. The van der Waals surface area contributed by atoms with Crippen LogP contribution in [0.2, 0.25) is 0 Å². The van der Waals surface area contributed by atoms with E-state index < -0.39 is 10.0 Å². The molecule has 2 heterocycles. The van der Waals surface area contributed by atoms with Gasteiger partial charge in [-0.3, -0.25) is 0 Å². The maximum atomic E-state index is 12.2. The second kappa shape index (κ2) is 6.14.